The van der Waals surface area contributed by atoms with E-state index in [0.717, 1.165) is 12.3 Å². The van der Waals surface area contributed by atoms with Crippen molar-refractivity contribution in [1.82, 2.24) is 4.98 Å². The molecule has 0 fully saturated rings. The van der Waals surface area contributed by atoms with Gasteiger partial charge in [-0.15, -0.1) is 0 Å². The van der Waals surface area contributed by atoms with Crippen molar-refractivity contribution in [2.24, 2.45) is 0 Å². The Bertz CT molecular complexity index is 338. The fourth-order valence-electron chi connectivity index (χ4n) is 0.968. The first kappa shape index (κ1) is 13.0. The molecule has 1 rings (SSSR count). The zero-order valence-electron chi connectivity index (χ0n) is 9.43. The van der Waals surface area contributed by atoms with Crippen molar-refractivity contribution < 1.29 is 17.9 Å². The number of nitrogens with zero attached hydrogens (tertiary/aromatic N) is 1. The van der Waals surface area contributed by atoms with Crippen LogP contribution < -0.4 is 0 Å². The standard InChI is InChI=1S/C11H14F3NO/c1-10(2,3)16-7-9-5-4-8(6-15-9)11(12,13)14/h4-6H,7H2,1-3H3. The first-order valence-corrected chi connectivity index (χ1v) is 4.84. The minimum atomic E-state index is -4.34. The fourth-order valence-corrected chi connectivity index (χ4v) is 0.968. The molecule has 0 bridgehead atoms. The van der Waals surface area contributed by atoms with E-state index in [4.69, 9.17) is 4.74 Å². The van der Waals surface area contributed by atoms with Crippen molar-refractivity contribution in [3.8, 4) is 0 Å². The van der Waals surface area contributed by atoms with Gasteiger partial charge in [-0.3, -0.25) is 4.98 Å². The maximum atomic E-state index is 12.2. The second-order valence-corrected chi connectivity index (χ2v) is 4.44. The van der Waals surface area contributed by atoms with Gasteiger partial charge in [0.2, 0.25) is 0 Å². The second kappa shape index (κ2) is 4.41. The molecule has 5 heteroatoms. The highest BCUT2D eigenvalue weighted by molar-refractivity contribution is 5.16. The molecule has 0 saturated carbocycles. The maximum absolute atomic E-state index is 12.2. The average molecular weight is 233 g/mol. The smallest absolute Gasteiger partial charge is 0.370 e. The highest BCUT2D eigenvalue weighted by atomic mass is 19.4. The van der Waals surface area contributed by atoms with E-state index < -0.39 is 11.7 Å². The van der Waals surface area contributed by atoms with Crippen molar-refractivity contribution >= 4 is 0 Å². The van der Waals surface area contributed by atoms with Crippen LogP contribution in [0.5, 0.6) is 0 Å². The van der Waals surface area contributed by atoms with Gasteiger partial charge in [-0.05, 0) is 32.9 Å². The Morgan fingerprint density at radius 3 is 2.19 bits per heavy atom. The number of aromatic nitrogens is 1. The normalized spacial score (nSPS) is 12.9. The molecule has 0 unspecified atom stereocenters. The van der Waals surface area contributed by atoms with Gasteiger partial charge in [0, 0.05) is 6.20 Å². The number of hydrogen-bond donors (Lipinski definition) is 0. The second-order valence-electron chi connectivity index (χ2n) is 4.44. The van der Waals surface area contributed by atoms with Crippen molar-refractivity contribution in [3.63, 3.8) is 0 Å². The van der Waals surface area contributed by atoms with E-state index in [9.17, 15) is 13.2 Å². The zero-order chi connectivity index (χ0) is 12.4. The lowest BCUT2D eigenvalue weighted by molar-refractivity contribution is -0.137. The molecule has 0 atom stereocenters. The van der Waals surface area contributed by atoms with E-state index >= 15 is 0 Å². The van der Waals surface area contributed by atoms with Crippen LogP contribution in [0.2, 0.25) is 0 Å². The van der Waals surface area contributed by atoms with Gasteiger partial charge in [-0.1, -0.05) is 0 Å². The Hall–Kier alpha value is -1.10. The Morgan fingerprint density at radius 1 is 1.19 bits per heavy atom. The van der Waals surface area contributed by atoms with Gasteiger partial charge >= 0.3 is 6.18 Å². The van der Waals surface area contributed by atoms with Crippen molar-refractivity contribution in [3.05, 3.63) is 29.6 Å². The monoisotopic (exact) mass is 233 g/mol. The number of pyridine rings is 1. The van der Waals surface area contributed by atoms with Gasteiger partial charge in [0.05, 0.1) is 23.5 Å². The molecule has 0 aliphatic rings. The van der Waals surface area contributed by atoms with Gasteiger partial charge in [-0.25, -0.2) is 0 Å². The van der Waals surface area contributed by atoms with Crippen LogP contribution in [0.4, 0.5) is 13.2 Å². The molecule has 0 aliphatic heterocycles. The molecular formula is C11H14F3NO. The summed E-state index contributed by atoms with van der Waals surface area (Å²) >= 11 is 0. The third-order valence-electron chi connectivity index (χ3n) is 1.81. The lowest BCUT2D eigenvalue weighted by Gasteiger charge is -2.19. The number of hydrogen-bond acceptors (Lipinski definition) is 2. The van der Waals surface area contributed by atoms with E-state index in [1.54, 1.807) is 0 Å². The van der Waals surface area contributed by atoms with Gasteiger partial charge < -0.3 is 4.74 Å². The van der Waals surface area contributed by atoms with E-state index in [1.165, 1.54) is 6.07 Å². The van der Waals surface area contributed by atoms with Crippen molar-refractivity contribution in [1.29, 1.82) is 0 Å². The summed E-state index contributed by atoms with van der Waals surface area (Å²) in [4.78, 5) is 3.70. The van der Waals surface area contributed by atoms with Gasteiger partial charge in [0.15, 0.2) is 0 Å². The molecule has 0 saturated heterocycles. The minimum absolute atomic E-state index is 0.210. The Balaban J connectivity index is 2.66. The molecule has 0 aromatic carbocycles. The van der Waals surface area contributed by atoms with Crippen molar-refractivity contribution in [2.75, 3.05) is 0 Å². The highest BCUT2D eigenvalue weighted by Crippen LogP contribution is 2.28. The average Bonchev–Trinajstić information content (AvgIpc) is 2.13. The first-order chi connectivity index (χ1) is 7.18. The minimum Gasteiger partial charge on any atom is -0.370 e. The quantitative estimate of drug-likeness (QED) is 0.780. The van der Waals surface area contributed by atoms with E-state index in [2.05, 4.69) is 4.98 Å². The summed E-state index contributed by atoms with van der Waals surface area (Å²) in [5.74, 6) is 0. The van der Waals surface area contributed by atoms with Gasteiger partial charge in [0.25, 0.3) is 0 Å². The number of rotatable bonds is 2. The molecule has 0 amide bonds. The molecular weight excluding hydrogens is 219 g/mol. The molecule has 0 spiro atoms. The molecule has 0 N–H and O–H groups in total. The summed E-state index contributed by atoms with van der Waals surface area (Å²) in [5, 5.41) is 0. The van der Waals surface area contributed by atoms with Crippen LogP contribution in [-0.2, 0) is 17.5 Å². The molecule has 1 aromatic rings. The Labute approximate surface area is 92.5 Å². The molecule has 90 valence electrons. The summed E-state index contributed by atoms with van der Waals surface area (Å²) in [6.07, 6.45) is -3.52. The summed E-state index contributed by atoms with van der Waals surface area (Å²) in [6.45, 7) is 5.83. The van der Waals surface area contributed by atoms with Gasteiger partial charge in [-0.2, -0.15) is 13.2 Å². The SMILES string of the molecule is CC(C)(C)OCc1ccc(C(F)(F)F)cn1. The van der Waals surface area contributed by atoms with Crippen LogP contribution in [0.1, 0.15) is 32.0 Å². The van der Waals surface area contributed by atoms with Crippen LogP contribution >= 0.6 is 0 Å². The van der Waals surface area contributed by atoms with Crippen LogP contribution in [0.3, 0.4) is 0 Å². The lowest BCUT2D eigenvalue weighted by Crippen LogP contribution is -2.19. The highest BCUT2D eigenvalue weighted by Gasteiger charge is 2.30. The van der Waals surface area contributed by atoms with Gasteiger partial charge in [0.1, 0.15) is 0 Å². The lowest BCUT2D eigenvalue weighted by atomic mass is 10.2. The largest absolute Gasteiger partial charge is 0.417 e. The third-order valence-corrected chi connectivity index (χ3v) is 1.81. The molecule has 1 heterocycles. The number of ether oxygens (including phenoxy) is 1. The van der Waals surface area contributed by atoms with E-state index in [-0.39, 0.29) is 12.2 Å². The van der Waals surface area contributed by atoms with Crippen LogP contribution in [0.25, 0.3) is 0 Å². The van der Waals surface area contributed by atoms with Crippen molar-refractivity contribution in [2.45, 2.75) is 39.2 Å². The summed E-state index contributed by atoms with van der Waals surface area (Å²) in [6, 6.07) is 2.34. The Kier molecular flexibility index (Phi) is 3.57. The molecule has 0 aliphatic carbocycles. The zero-order valence-corrected chi connectivity index (χ0v) is 9.43. The van der Waals surface area contributed by atoms with Crippen LogP contribution in [0.15, 0.2) is 18.3 Å². The summed E-state index contributed by atoms with van der Waals surface area (Å²) < 4.78 is 42.1. The summed E-state index contributed by atoms with van der Waals surface area (Å²) in [7, 11) is 0. The number of halogens is 3. The first-order valence-electron chi connectivity index (χ1n) is 4.84. The third kappa shape index (κ3) is 4.18. The molecule has 1 aromatic heterocycles. The molecule has 0 radical (unpaired) electrons. The van der Waals surface area contributed by atoms with E-state index in [1.807, 2.05) is 20.8 Å². The van der Waals surface area contributed by atoms with Crippen LogP contribution in [0, 0.1) is 0 Å². The molecule has 16 heavy (non-hydrogen) atoms. The maximum Gasteiger partial charge on any atom is 0.417 e. The number of alkyl halides is 3. The topological polar surface area (TPSA) is 22.1 Å². The predicted octanol–water partition coefficient (Wildman–Crippen LogP) is 3.42. The fraction of sp³-hybridized carbons (Fsp3) is 0.545. The summed E-state index contributed by atoms with van der Waals surface area (Å²) in [5.41, 5.74) is -0.584. The Morgan fingerprint density at radius 2 is 1.81 bits per heavy atom. The molecule has 2 nitrogen and oxygen atoms in total. The van der Waals surface area contributed by atoms with Crippen LogP contribution in [-0.4, -0.2) is 10.6 Å². The van der Waals surface area contributed by atoms with E-state index in [0.29, 0.717) is 5.69 Å². The predicted molar refractivity (Wildman–Crippen MR) is 53.8 cm³/mol.